The van der Waals surface area contributed by atoms with Gasteiger partial charge in [0.2, 0.25) is 0 Å². The van der Waals surface area contributed by atoms with E-state index in [0.29, 0.717) is 17.5 Å². The zero-order valence-electron chi connectivity index (χ0n) is 35.7. The lowest BCUT2D eigenvalue weighted by Gasteiger charge is -2.15. The van der Waals surface area contributed by atoms with Gasteiger partial charge in [-0.2, -0.15) is 0 Å². The highest BCUT2D eigenvalue weighted by molar-refractivity contribution is 6.62. The van der Waals surface area contributed by atoms with Gasteiger partial charge in [-0.15, -0.1) is 0 Å². The van der Waals surface area contributed by atoms with Gasteiger partial charge in [-0.05, 0) is 57.8 Å². The van der Waals surface area contributed by atoms with Crippen LogP contribution in [0.1, 0.15) is 0 Å². The Morgan fingerprint density at radius 2 is 0.887 bits per heavy atom. The van der Waals surface area contributed by atoms with Crippen molar-refractivity contribution in [2.45, 2.75) is 0 Å². The first-order chi connectivity index (χ1) is 30.2. The van der Waals surface area contributed by atoms with Gasteiger partial charge in [0.25, 0.3) is 0 Å². The molecule has 5 nitrogen and oxygen atoms in total. The smallest absolute Gasteiger partial charge is 0.164 e. The Morgan fingerprint density at radius 3 is 1.45 bits per heavy atom. The maximum absolute atomic E-state index is 7.06. The Balaban J connectivity index is 1.19. The van der Waals surface area contributed by atoms with E-state index < -0.39 is 0 Å². The summed E-state index contributed by atoms with van der Waals surface area (Å²) >= 11 is 0. The molecule has 0 aliphatic carbocycles. The molecule has 0 N–H and O–H groups in total. The van der Waals surface area contributed by atoms with Gasteiger partial charge >= 0.3 is 0 Å². The third kappa shape index (κ3) is 6.14. The second-order valence-electron chi connectivity index (χ2n) is 16.7. The van der Waals surface area contributed by atoms with Crippen LogP contribution in [0, 0.1) is 0 Å². The van der Waals surface area contributed by atoms with Crippen molar-refractivity contribution in [3.05, 3.63) is 158 Å². The number of rotatable bonds is 6. The highest BCUT2D eigenvalue weighted by Crippen LogP contribution is 2.41. The molecule has 3 heterocycles. The van der Waals surface area contributed by atoms with E-state index in [0.717, 1.165) is 61.0 Å². The molecule has 11 heteroatoms. The van der Waals surface area contributed by atoms with Crippen LogP contribution in [0.2, 0.25) is 0 Å². The first-order valence-electron chi connectivity index (χ1n) is 21.3. The SMILES string of the molecule is Bc1cc(B)c2c(c1B)c1c(B)c(B)cc(B)c1n2-c1cc(-c2cccc(-c3ccccc3)c2)c2oc3cc(-c4nc(-c5ccccc5)nc(-c5ccccc5)n4)ccc3c2c1. The first-order valence-corrected chi connectivity index (χ1v) is 21.3. The molecule has 286 valence electrons. The van der Waals surface area contributed by atoms with Crippen molar-refractivity contribution in [2.75, 3.05) is 0 Å². The largest absolute Gasteiger partial charge is 0.455 e. The van der Waals surface area contributed by atoms with Crippen LogP contribution in [0.15, 0.2) is 162 Å². The zero-order chi connectivity index (χ0) is 42.2. The summed E-state index contributed by atoms with van der Waals surface area (Å²) in [6.45, 7) is 0. The fourth-order valence-corrected chi connectivity index (χ4v) is 9.48. The number of aromatic nitrogens is 4. The standard InChI is InChI=1S/C51H38B6N4O/c52-37-25-39(54)46-42(44(37)56)43-45(57)38(53)26-40(55)47(43)61(46)33-23-35(31-18-10-17-30(21-31)27-11-4-1-5-12-27)48-36(24-33)34-20-19-32(22-41(34)62-48)51-59-49(28-13-6-2-7-14-28)58-50(60-51)29-15-8-3-9-16-29/h1-26H,52-57H2. The van der Waals surface area contributed by atoms with Crippen LogP contribution < -0.4 is 32.8 Å². The van der Waals surface area contributed by atoms with Crippen molar-refractivity contribution in [2.24, 2.45) is 0 Å². The Labute approximate surface area is 365 Å². The Hall–Kier alpha value is -7.24. The Morgan fingerprint density at radius 1 is 0.387 bits per heavy atom. The van der Waals surface area contributed by atoms with Crippen molar-refractivity contribution in [1.82, 2.24) is 19.5 Å². The molecule has 0 aliphatic rings. The molecule has 0 amide bonds. The number of furan rings is 1. The number of hydrogen-bond donors (Lipinski definition) is 0. The summed E-state index contributed by atoms with van der Waals surface area (Å²) in [5.41, 5.74) is 20.1. The van der Waals surface area contributed by atoms with Crippen molar-refractivity contribution in [3.8, 4) is 62.1 Å². The van der Waals surface area contributed by atoms with Crippen LogP contribution in [0.3, 0.4) is 0 Å². The molecule has 0 unspecified atom stereocenters. The molecule has 62 heavy (non-hydrogen) atoms. The van der Waals surface area contributed by atoms with Crippen LogP contribution in [-0.4, -0.2) is 66.6 Å². The van der Waals surface area contributed by atoms with Crippen LogP contribution in [-0.2, 0) is 0 Å². The van der Waals surface area contributed by atoms with Gasteiger partial charge in [0.15, 0.2) is 17.5 Å². The van der Waals surface area contributed by atoms with Gasteiger partial charge in [-0.3, -0.25) is 0 Å². The van der Waals surface area contributed by atoms with E-state index >= 15 is 0 Å². The number of nitrogens with zero attached hydrogens (tertiary/aromatic N) is 4. The average Bonchev–Trinajstić information content (AvgIpc) is 3.88. The van der Waals surface area contributed by atoms with E-state index in [2.05, 4.69) is 149 Å². The minimum atomic E-state index is 0.587. The maximum atomic E-state index is 7.06. The molecular formula is C51H38B6N4O. The zero-order valence-corrected chi connectivity index (χ0v) is 35.7. The summed E-state index contributed by atoms with van der Waals surface area (Å²) in [5, 5.41) is 4.74. The summed E-state index contributed by atoms with van der Waals surface area (Å²) in [6, 6.07) is 55.3. The number of fused-ring (bicyclic) bond motifs is 6. The molecule has 0 spiro atoms. The van der Waals surface area contributed by atoms with Crippen LogP contribution >= 0.6 is 0 Å². The molecule has 0 saturated carbocycles. The molecule has 11 aromatic rings. The molecule has 0 saturated heterocycles. The highest BCUT2D eigenvalue weighted by atomic mass is 16.3. The molecule has 0 fully saturated rings. The normalized spacial score (nSPS) is 11.6. The molecule has 0 radical (unpaired) electrons. The summed E-state index contributed by atoms with van der Waals surface area (Å²) in [6.07, 6.45) is 0. The summed E-state index contributed by atoms with van der Waals surface area (Å²) < 4.78 is 9.58. The van der Waals surface area contributed by atoms with Crippen molar-refractivity contribution < 1.29 is 4.42 Å². The predicted molar refractivity (Wildman–Crippen MR) is 278 cm³/mol. The quantitative estimate of drug-likeness (QED) is 0.244. The second-order valence-corrected chi connectivity index (χ2v) is 16.7. The van der Waals surface area contributed by atoms with E-state index in [1.54, 1.807) is 0 Å². The van der Waals surface area contributed by atoms with Gasteiger partial charge in [-0.25, -0.2) is 15.0 Å². The minimum Gasteiger partial charge on any atom is -0.455 e. The van der Waals surface area contributed by atoms with Gasteiger partial charge in [0.1, 0.15) is 58.2 Å². The van der Waals surface area contributed by atoms with Crippen LogP contribution in [0.5, 0.6) is 0 Å². The fourth-order valence-electron chi connectivity index (χ4n) is 9.48. The molecule has 11 rings (SSSR count). The molecule has 8 aromatic carbocycles. The lowest BCUT2D eigenvalue weighted by molar-refractivity contribution is 0.670. The van der Waals surface area contributed by atoms with Crippen molar-refractivity contribution >= 4 is 124 Å². The predicted octanol–water partition coefficient (Wildman–Crippen LogP) is 2.75. The minimum absolute atomic E-state index is 0.587. The monoisotopic (exact) mass is 788 g/mol. The van der Waals surface area contributed by atoms with E-state index in [4.69, 9.17) is 19.4 Å². The van der Waals surface area contributed by atoms with Crippen molar-refractivity contribution in [3.63, 3.8) is 0 Å². The van der Waals surface area contributed by atoms with Crippen LogP contribution in [0.4, 0.5) is 0 Å². The summed E-state index contributed by atoms with van der Waals surface area (Å²) in [4.78, 5) is 15.0. The lowest BCUT2D eigenvalue weighted by atomic mass is 9.71. The maximum Gasteiger partial charge on any atom is 0.164 e. The number of benzene rings is 8. The third-order valence-electron chi connectivity index (χ3n) is 12.8. The molecule has 0 bridgehead atoms. The van der Waals surface area contributed by atoms with Gasteiger partial charge in [0.05, 0.1) is 0 Å². The van der Waals surface area contributed by atoms with E-state index in [1.807, 2.05) is 60.7 Å². The van der Waals surface area contributed by atoms with Gasteiger partial charge < -0.3 is 8.98 Å². The topological polar surface area (TPSA) is 56.7 Å². The second kappa shape index (κ2) is 14.7. The Bertz CT molecular complexity index is 3460. The number of hydrogen-bond acceptors (Lipinski definition) is 4. The molecule has 0 atom stereocenters. The van der Waals surface area contributed by atoms with E-state index in [-0.39, 0.29) is 0 Å². The third-order valence-corrected chi connectivity index (χ3v) is 12.8. The highest BCUT2D eigenvalue weighted by Gasteiger charge is 2.24. The molecule has 0 aliphatic heterocycles. The van der Waals surface area contributed by atoms with E-state index in [1.165, 1.54) is 60.1 Å². The molecular weight excluding hydrogens is 749 g/mol. The van der Waals surface area contributed by atoms with Gasteiger partial charge in [0, 0.05) is 49.7 Å². The first kappa shape index (κ1) is 37.7. The van der Waals surface area contributed by atoms with Gasteiger partial charge in [-0.1, -0.05) is 160 Å². The summed E-state index contributed by atoms with van der Waals surface area (Å²) in [7, 11) is 13.5. The fraction of sp³-hybridized carbons (Fsp3) is 0. The molecule has 3 aromatic heterocycles. The van der Waals surface area contributed by atoms with E-state index in [9.17, 15) is 0 Å². The lowest BCUT2D eigenvalue weighted by Crippen LogP contribution is -2.33. The van der Waals surface area contributed by atoms with Crippen LogP contribution in [0.25, 0.3) is 106 Å². The average molecular weight is 788 g/mol. The van der Waals surface area contributed by atoms with Crippen molar-refractivity contribution in [1.29, 1.82) is 0 Å². The summed E-state index contributed by atoms with van der Waals surface area (Å²) in [5.74, 6) is 1.83. The Kier molecular flexibility index (Phi) is 8.97.